The van der Waals surface area contributed by atoms with Gasteiger partial charge in [0.05, 0.1) is 18.9 Å². The maximum atomic E-state index is 13.5. The Kier molecular flexibility index (Phi) is 6.42. The predicted octanol–water partition coefficient (Wildman–Crippen LogP) is 5.41. The molecular formula is C21H29F3N4. The first kappa shape index (κ1) is 20.4. The minimum atomic E-state index is -4.37. The molecule has 2 heterocycles. The maximum absolute atomic E-state index is 13.5. The lowest BCUT2D eigenvalue weighted by molar-refractivity contribution is -0.137. The van der Waals surface area contributed by atoms with E-state index in [0.29, 0.717) is 24.7 Å². The normalized spacial score (nSPS) is 16.8. The van der Waals surface area contributed by atoms with Crippen LogP contribution in [0, 0.1) is 0 Å². The summed E-state index contributed by atoms with van der Waals surface area (Å²) in [7, 11) is 0. The fraction of sp³-hybridized carbons (Fsp3) is 0.524. The van der Waals surface area contributed by atoms with E-state index in [2.05, 4.69) is 23.6 Å². The van der Waals surface area contributed by atoms with Crippen molar-refractivity contribution >= 4 is 11.4 Å². The van der Waals surface area contributed by atoms with Gasteiger partial charge in [-0.2, -0.15) is 13.2 Å². The second-order valence-corrected chi connectivity index (χ2v) is 7.39. The highest BCUT2D eigenvalue weighted by Gasteiger charge is 2.32. The van der Waals surface area contributed by atoms with Gasteiger partial charge in [0.2, 0.25) is 0 Å². The van der Waals surface area contributed by atoms with E-state index in [0.717, 1.165) is 38.8 Å². The summed E-state index contributed by atoms with van der Waals surface area (Å²) in [6.45, 7) is 7.25. The molecule has 2 aliphatic rings. The molecule has 7 heteroatoms. The van der Waals surface area contributed by atoms with Crippen LogP contribution in [0.1, 0.15) is 45.1 Å². The van der Waals surface area contributed by atoms with Crippen molar-refractivity contribution in [1.29, 1.82) is 0 Å². The third-order valence-corrected chi connectivity index (χ3v) is 5.07. The van der Waals surface area contributed by atoms with Crippen LogP contribution < -0.4 is 9.80 Å². The summed E-state index contributed by atoms with van der Waals surface area (Å²) in [5.41, 5.74) is 0.529. The van der Waals surface area contributed by atoms with Crippen LogP contribution in [0.2, 0.25) is 0 Å². The van der Waals surface area contributed by atoms with Gasteiger partial charge in [-0.15, -0.1) is 0 Å². The first-order chi connectivity index (χ1) is 13.4. The zero-order valence-electron chi connectivity index (χ0n) is 16.6. The zero-order valence-corrected chi connectivity index (χ0v) is 16.6. The van der Waals surface area contributed by atoms with Gasteiger partial charge in [0.1, 0.15) is 0 Å². The Labute approximate surface area is 165 Å². The third-order valence-electron chi connectivity index (χ3n) is 5.07. The lowest BCUT2D eigenvalue weighted by Crippen LogP contribution is -2.27. The topological polar surface area (TPSA) is 13.0 Å². The Morgan fingerprint density at radius 3 is 1.61 bits per heavy atom. The molecule has 3 rings (SSSR count). The van der Waals surface area contributed by atoms with Crippen LogP contribution >= 0.6 is 0 Å². The van der Waals surface area contributed by atoms with Crippen molar-refractivity contribution in [2.45, 2.75) is 45.7 Å². The molecule has 0 bridgehead atoms. The molecule has 0 spiro atoms. The van der Waals surface area contributed by atoms with Crippen LogP contribution in [0.4, 0.5) is 24.5 Å². The second kappa shape index (κ2) is 8.80. The number of rotatable bonds is 8. The van der Waals surface area contributed by atoms with E-state index in [1.807, 2.05) is 40.7 Å². The van der Waals surface area contributed by atoms with E-state index < -0.39 is 11.7 Å². The molecule has 0 amide bonds. The van der Waals surface area contributed by atoms with Crippen molar-refractivity contribution in [3.8, 4) is 0 Å². The minimum Gasteiger partial charge on any atom is -0.358 e. The van der Waals surface area contributed by atoms with Gasteiger partial charge in [-0.1, -0.05) is 26.7 Å². The lowest BCUT2D eigenvalue weighted by Gasteiger charge is -2.26. The molecule has 154 valence electrons. The summed E-state index contributed by atoms with van der Waals surface area (Å²) in [5, 5.41) is 0. The summed E-state index contributed by atoms with van der Waals surface area (Å²) in [5.74, 6) is 0. The molecule has 0 fully saturated rings. The zero-order chi connectivity index (χ0) is 20.1. The SMILES string of the molecule is CCCCN1C=CN(c2cc(N3C=CN(CCCC)C3)cc(C(F)(F)F)c2)C1. The number of halogens is 3. The van der Waals surface area contributed by atoms with Gasteiger partial charge in [-0.05, 0) is 31.0 Å². The van der Waals surface area contributed by atoms with Crippen molar-refractivity contribution in [3.05, 3.63) is 48.6 Å². The molecule has 4 nitrogen and oxygen atoms in total. The predicted molar refractivity (Wildman–Crippen MR) is 108 cm³/mol. The third kappa shape index (κ3) is 4.94. The van der Waals surface area contributed by atoms with E-state index in [1.54, 1.807) is 0 Å². The van der Waals surface area contributed by atoms with Crippen LogP contribution in [0.25, 0.3) is 0 Å². The highest BCUT2D eigenvalue weighted by atomic mass is 19.4. The number of unbranched alkanes of at least 4 members (excludes halogenated alkanes) is 2. The summed E-state index contributed by atoms with van der Waals surface area (Å²) in [6.07, 6.45) is 7.58. The molecule has 0 aromatic heterocycles. The quantitative estimate of drug-likeness (QED) is 0.585. The average Bonchev–Trinajstić information content (AvgIpc) is 3.33. The molecule has 1 aromatic carbocycles. The number of hydrogen-bond acceptors (Lipinski definition) is 4. The van der Waals surface area contributed by atoms with E-state index in [9.17, 15) is 13.2 Å². The van der Waals surface area contributed by atoms with Crippen LogP contribution in [0.3, 0.4) is 0 Å². The number of hydrogen-bond donors (Lipinski definition) is 0. The first-order valence-electron chi connectivity index (χ1n) is 10.0. The van der Waals surface area contributed by atoms with Gasteiger partial charge in [-0.3, -0.25) is 0 Å². The summed E-state index contributed by atoms with van der Waals surface area (Å²) in [6, 6.07) is 4.33. The molecule has 0 atom stereocenters. The smallest absolute Gasteiger partial charge is 0.358 e. The highest BCUT2D eigenvalue weighted by molar-refractivity contribution is 5.65. The van der Waals surface area contributed by atoms with E-state index >= 15 is 0 Å². The van der Waals surface area contributed by atoms with E-state index in [4.69, 9.17) is 0 Å². The monoisotopic (exact) mass is 394 g/mol. The molecular weight excluding hydrogens is 365 g/mol. The van der Waals surface area contributed by atoms with E-state index in [1.165, 1.54) is 12.1 Å². The Balaban J connectivity index is 1.79. The number of benzene rings is 1. The molecule has 28 heavy (non-hydrogen) atoms. The second-order valence-electron chi connectivity index (χ2n) is 7.39. The van der Waals surface area contributed by atoms with Gasteiger partial charge in [0, 0.05) is 49.3 Å². The van der Waals surface area contributed by atoms with Gasteiger partial charge in [0.25, 0.3) is 0 Å². The van der Waals surface area contributed by atoms with Gasteiger partial charge in [0.15, 0.2) is 0 Å². The van der Waals surface area contributed by atoms with Crippen molar-refractivity contribution in [1.82, 2.24) is 9.80 Å². The summed E-state index contributed by atoms with van der Waals surface area (Å²) >= 11 is 0. The molecule has 0 N–H and O–H groups in total. The summed E-state index contributed by atoms with van der Waals surface area (Å²) < 4.78 is 40.5. The fourth-order valence-corrected chi connectivity index (χ4v) is 3.37. The lowest BCUT2D eigenvalue weighted by atomic mass is 10.1. The number of nitrogens with zero attached hydrogens (tertiary/aromatic N) is 4. The van der Waals surface area contributed by atoms with Crippen LogP contribution in [0.15, 0.2) is 43.0 Å². The Morgan fingerprint density at radius 1 is 0.750 bits per heavy atom. The van der Waals surface area contributed by atoms with Gasteiger partial charge < -0.3 is 19.6 Å². The van der Waals surface area contributed by atoms with E-state index in [-0.39, 0.29) is 0 Å². The molecule has 0 radical (unpaired) electrons. The Morgan fingerprint density at radius 2 is 1.21 bits per heavy atom. The van der Waals surface area contributed by atoms with Crippen molar-refractivity contribution in [2.24, 2.45) is 0 Å². The Bertz CT molecular complexity index is 664. The standard InChI is InChI=1S/C21H29F3N4/c1-3-5-7-25-9-11-27(16-25)19-13-18(21(22,23)24)14-20(15-19)28-12-10-26(17-28)8-6-4-2/h9-15H,3-8,16-17H2,1-2H3. The van der Waals surface area contributed by atoms with Crippen LogP contribution in [-0.2, 0) is 6.18 Å². The number of alkyl halides is 3. The van der Waals surface area contributed by atoms with Crippen LogP contribution in [0.5, 0.6) is 0 Å². The van der Waals surface area contributed by atoms with Crippen molar-refractivity contribution in [2.75, 3.05) is 36.2 Å². The van der Waals surface area contributed by atoms with Crippen molar-refractivity contribution < 1.29 is 13.2 Å². The molecule has 1 aromatic rings. The maximum Gasteiger partial charge on any atom is 0.416 e. The minimum absolute atomic E-state index is 0.570. The molecule has 0 aliphatic carbocycles. The van der Waals surface area contributed by atoms with Crippen LogP contribution in [-0.4, -0.2) is 36.2 Å². The van der Waals surface area contributed by atoms with Crippen molar-refractivity contribution in [3.63, 3.8) is 0 Å². The van der Waals surface area contributed by atoms with Gasteiger partial charge >= 0.3 is 6.18 Å². The molecule has 2 aliphatic heterocycles. The van der Waals surface area contributed by atoms with Gasteiger partial charge in [-0.25, -0.2) is 0 Å². The Hall–Kier alpha value is -2.31. The number of anilines is 2. The summed E-state index contributed by atoms with van der Waals surface area (Å²) in [4.78, 5) is 8.02. The molecule has 0 saturated carbocycles. The first-order valence-corrected chi connectivity index (χ1v) is 10.0. The highest BCUT2D eigenvalue weighted by Crippen LogP contribution is 2.37. The molecule has 0 unspecified atom stereocenters. The average molecular weight is 394 g/mol. The molecule has 0 saturated heterocycles. The largest absolute Gasteiger partial charge is 0.416 e. The fourth-order valence-electron chi connectivity index (χ4n) is 3.37.